The number of benzene rings is 1. The monoisotopic (exact) mass is 310 g/mol. The Morgan fingerprint density at radius 2 is 1.95 bits per heavy atom. The average molecular weight is 311 g/mol. The van der Waals surface area contributed by atoms with Gasteiger partial charge in [0.05, 0.1) is 13.1 Å². The van der Waals surface area contributed by atoms with Crippen LogP contribution < -0.4 is 11.1 Å². The predicted molar refractivity (Wildman–Crippen MR) is 85.1 cm³/mol. The molecule has 6 heteroatoms. The van der Waals surface area contributed by atoms with E-state index in [0.717, 1.165) is 12.8 Å². The Bertz CT molecular complexity index is 527. The topological polar surface area (TPSA) is 77.0 Å². The Kier molecular flexibility index (Phi) is 6.81. The molecule has 1 aromatic heterocycles. The zero-order chi connectivity index (χ0) is 14.4. The molecule has 0 saturated heterocycles. The van der Waals surface area contributed by atoms with Gasteiger partial charge in [-0.1, -0.05) is 35.5 Å². The lowest BCUT2D eigenvalue weighted by molar-refractivity contribution is 0.343. The number of hydrogen-bond acceptors (Lipinski definition) is 5. The minimum absolute atomic E-state index is 0. The first-order valence-corrected chi connectivity index (χ1v) is 6.89. The van der Waals surface area contributed by atoms with Crippen LogP contribution in [0.25, 0.3) is 0 Å². The average Bonchev–Trinajstić information content (AvgIpc) is 2.93. The van der Waals surface area contributed by atoms with Crippen LogP contribution in [0.4, 0.5) is 0 Å². The van der Waals surface area contributed by atoms with Crippen LogP contribution in [-0.4, -0.2) is 15.7 Å². The normalized spacial score (nSPS) is 11.2. The van der Waals surface area contributed by atoms with Gasteiger partial charge in [0.2, 0.25) is 5.89 Å². The van der Waals surface area contributed by atoms with Crippen molar-refractivity contribution in [3.05, 3.63) is 47.6 Å². The second kappa shape index (κ2) is 8.12. The molecule has 0 aliphatic carbocycles. The molecular weight excluding hydrogens is 288 g/mol. The molecular formula is C15H23ClN4O. The van der Waals surface area contributed by atoms with Gasteiger partial charge in [0.15, 0.2) is 5.82 Å². The highest BCUT2D eigenvalue weighted by Crippen LogP contribution is 2.14. The first kappa shape index (κ1) is 17.6. The highest BCUT2D eigenvalue weighted by atomic mass is 35.5. The molecule has 0 aliphatic rings. The second-order valence-electron chi connectivity index (χ2n) is 5.53. The van der Waals surface area contributed by atoms with Crippen molar-refractivity contribution in [3.8, 4) is 0 Å². The summed E-state index contributed by atoms with van der Waals surface area (Å²) in [5, 5.41) is 7.34. The third-order valence-electron chi connectivity index (χ3n) is 3.29. The Morgan fingerprint density at radius 1 is 1.24 bits per heavy atom. The largest absolute Gasteiger partial charge is 0.338 e. The first-order chi connectivity index (χ1) is 9.59. The van der Waals surface area contributed by atoms with Crippen molar-refractivity contribution in [1.82, 2.24) is 15.5 Å². The van der Waals surface area contributed by atoms with Gasteiger partial charge in [0.1, 0.15) is 0 Å². The number of aryl methyl sites for hydroxylation is 1. The molecule has 0 bridgehead atoms. The van der Waals surface area contributed by atoms with Crippen molar-refractivity contribution in [2.45, 2.75) is 45.3 Å². The van der Waals surface area contributed by atoms with Crippen molar-refractivity contribution >= 4 is 12.4 Å². The van der Waals surface area contributed by atoms with Crippen molar-refractivity contribution in [1.29, 1.82) is 0 Å². The highest BCUT2D eigenvalue weighted by molar-refractivity contribution is 5.85. The van der Waals surface area contributed by atoms with Gasteiger partial charge in [-0.15, -0.1) is 12.4 Å². The number of halogens is 1. The molecule has 0 saturated carbocycles. The maximum absolute atomic E-state index is 5.44. The molecule has 0 unspecified atom stereocenters. The summed E-state index contributed by atoms with van der Waals surface area (Å²) in [6, 6.07) is 10.5. The van der Waals surface area contributed by atoms with Crippen molar-refractivity contribution in [2.24, 2.45) is 5.73 Å². The minimum atomic E-state index is 0. The maximum atomic E-state index is 5.44. The standard InChI is InChI=1S/C15H22N4O.ClH/c1-15(2,9-8-12-6-4-3-5-7-12)17-11-13-18-14(10-16)20-19-13;/h3-7,17H,8-11,16H2,1-2H3;1H. The molecule has 0 fully saturated rings. The lowest BCUT2D eigenvalue weighted by Crippen LogP contribution is -2.39. The molecule has 0 atom stereocenters. The molecule has 2 aromatic rings. The van der Waals surface area contributed by atoms with E-state index < -0.39 is 0 Å². The van der Waals surface area contributed by atoms with Gasteiger partial charge in [-0.2, -0.15) is 4.98 Å². The number of nitrogens with two attached hydrogens (primary N) is 1. The lowest BCUT2D eigenvalue weighted by atomic mass is 9.95. The van der Waals surface area contributed by atoms with E-state index in [1.165, 1.54) is 5.56 Å². The molecule has 21 heavy (non-hydrogen) atoms. The van der Waals surface area contributed by atoms with Crippen LogP contribution in [0, 0.1) is 0 Å². The minimum Gasteiger partial charge on any atom is -0.338 e. The van der Waals surface area contributed by atoms with Gasteiger partial charge in [-0.3, -0.25) is 0 Å². The van der Waals surface area contributed by atoms with Crippen LogP contribution >= 0.6 is 12.4 Å². The maximum Gasteiger partial charge on any atom is 0.240 e. The summed E-state index contributed by atoms with van der Waals surface area (Å²) in [5.74, 6) is 1.13. The Morgan fingerprint density at radius 3 is 2.57 bits per heavy atom. The van der Waals surface area contributed by atoms with Crippen LogP contribution in [0.5, 0.6) is 0 Å². The summed E-state index contributed by atoms with van der Waals surface area (Å²) in [6.45, 7) is 5.23. The molecule has 2 rings (SSSR count). The van der Waals surface area contributed by atoms with Crippen molar-refractivity contribution < 1.29 is 4.52 Å². The third-order valence-corrected chi connectivity index (χ3v) is 3.29. The number of aromatic nitrogens is 2. The van der Waals surface area contributed by atoms with Gasteiger partial charge in [0, 0.05) is 5.54 Å². The fraction of sp³-hybridized carbons (Fsp3) is 0.467. The van der Waals surface area contributed by atoms with E-state index in [4.69, 9.17) is 10.3 Å². The van der Waals surface area contributed by atoms with E-state index >= 15 is 0 Å². The zero-order valence-corrected chi connectivity index (χ0v) is 13.3. The van der Waals surface area contributed by atoms with Crippen LogP contribution in [0.15, 0.2) is 34.9 Å². The van der Waals surface area contributed by atoms with Gasteiger partial charge < -0.3 is 15.6 Å². The Hall–Kier alpha value is -1.43. The summed E-state index contributed by atoms with van der Waals surface area (Å²) in [6.07, 6.45) is 2.08. The van der Waals surface area contributed by atoms with Gasteiger partial charge >= 0.3 is 0 Å². The molecule has 3 N–H and O–H groups in total. The molecule has 0 aliphatic heterocycles. The summed E-state index contributed by atoms with van der Waals surface area (Å²) < 4.78 is 4.98. The van der Waals surface area contributed by atoms with Crippen molar-refractivity contribution in [3.63, 3.8) is 0 Å². The number of nitrogens with one attached hydrogen (secondary N) is 1. The summed E-state index contributed by atoms with van der Waals surface area (Å²) in [7, 11) is 0. The fourth-order valence-corrected chi connectivity index (χ4v) is 1.95. The number of hydrogen-bond donors (Lipinski definition) is 2. The van der Waals surface area contributed by atoms with E-state index in [0.29, 0.717) is 18.3 Å². The van der Waals surface area contributed by atoms with E-state index in [1.54, 1.807) is 0 Å². The van der Waals surface area contributed by atoms with Crippen LogP contribution in [-0.2, 0) is 19.5 Å². The van der Waals surface area contributed by atoms with E-state index in [-0.39, 0.29) is 24.5 Å². The molecule has 0 amide bonds. The zero-order valence-electron chi connectivity index (χ0n) is 12.5. The predicted octanol–water partition coefficient (Wildman–Crippen LogP) is 2.45. The van der Waals surface area contributed by atoms with Gasteiger partial charge in [0.25, 0.3) is 0 Å². The molecule has 1 aromatic carbocycles. The quantitative estimate of drug-likeness (QED) is 0.821. The van der Waals surface area contributed by atoms with Gasteiger partial charge in [-0.25, -0.2) is 0 Å². The number of nitrogens with zero attached hydrogens (tertiary/aromatic N) is 2. The molecule has 0 spiro atoms. The molecule has 5 nitrogen and oxygen atoms in total. The molecule has 0 radical (unpaired) electrons. The van der Waals surface area contributed by atoms with Crippen LogP contribution in [0.1, 0.15) is 37.5 Å². The number of rotatable bonds is 7. The second-order valence-corrected chi connectivity index (χ2v) is 5.53. The van der Waals surface area contributed by atoms with E-state index in [1.807, 2.05) is 6.07 Å². The summed E-state index contributed by atoms with van der Waals surface area (Å²) in [5.41, 5.74) is 6.81. The van der Waals surface area contributed by atoms with Crippen LogP contribution in [0.3, 0.4) is 0 Å². The first-order valence-electron chi connectivity index (χ1n) is 6.89. The summed E-state index contributed by atoms with van der Waals surface area (Å²) in [4.78, 5) is 4.18. The lowest BCUT2D eigenvalue weighted by Gasteiger charge is -2.25. The van der Waals surface area contributed by atoms with Crippen molar-refractivity contribution in [2.75, 3.05) is 0 Å². The van der Waals surface area contributed by atoms with E-state index in [2.05, 4.69) is 53.6 Å². The van der Waals surface area contributed by atoms with Gasteiger partial charge in [-0.05, 0) is 32.3 Å². The Balaban J connectivity index is 0.00000220. The summed E-state index contributed by atoms with van der Waals surface area (Å²) >= 11 is 0. The van der Waals surface area contributed by atoms with Crippen LogP contribution in [0.2, 0.25) is 0 Å². The highest BCUT2D eigenvalue weighted by Gasteiger charge is 2.18. The smallest absolute Gasteiger partial charge is 0.240 e. The molecule has 1 heterocycles. The fourth-order valence-electron chi connectivity index (χ4n) is 1.95. The Labute approximate surface area is 131 Å². The SMILES string of the molecule is CC(C)(CCc1ccccc1)NCc1noc(CN)n1.Cl. The van der Waals surface area contributed by atoms with E-state index in [9.17, 15) is 0 Å². The third kappa shape index (κ3) is 5.83. The molecule has 116 valence electrons.